The van der Waals surface area contributed by atoms with Crippen molar-refractivity contribution in [1.29, 1.82) is 0 Å². The smallest absolute Gasteiger partial charge is 0.357 e. The largest absolute Gasteiger partial charge is 0.461 e. The fraction of sp³-hybridized carbons (Fsp3) is 0.583. The van der Waals surface area contributed by atoms with Gasteiger partial charge < -0.3 is 10.1 Å². The van der Waals surface area contributed by atoms with Gasteiger partial charge in [0, 0.05) is 11.3 Å². The summed E-state index contributed by atoms with van der Waals surface area (Å²) in [5, 5.41) is 4.83. The van der Waals surface area contributed by atoms with E-state index in [-0.39, 0.29) is 17.5 Å². The highest BCUT2D eigenvalue weighted by atomic mass is 32.1. The van der Waals surface area contributed by atoms with Gasteiger partial charge in [-0.15, -0.1) is 11.3 Å². The van der Waals surface area contributed by atoms with Gasteiger partial charge in [0.25, 0.3) is 0 Å². The summed E-state index contributed by atoms with van der Waals surface area (Å²) in [6, 6.07) is 0. The number of anilines is 1. The quantitative estimate of drug-likeness (QED) is 0.852. The van der Waals surface area contributed by atoms with Crippen LogP contribution in [0.25, 0.3) is 0 Å². The van der Waals surface area contributed by atoms with E-state index in [9.17, 15) is 9.59 Å². The van der Waals surface area contributed by atoms with Crippen molar-refractivity contribution < 1.29 is 14.3 Å². The van der Waals surface area contributed by atoms with Gasteiger partial charge in [-0.1, -0.05) is 12.8 Å². The van der Waals surface area contributed by atoms with Crippen LogP contribution in [0.3, 0.4) is 0 Å². The lowest BCUT2D eigenvalue weighted by Crippen LogP contribution is -2.20. The molecule has 0 radical (unpaired) electrons. The Bertz CT molecular complexity index is 438. The fourth-order valence-corrected chi connectivity index (χ4v) is 2.71. The van der Waals surface area contributed by atoms with E-state index >= 15 is 0 Å². The molecule has 0 aliphatic heterocycles. The number of nitrogens with zero attached hydrogens (tertiary/aromatic N) is 1. The van der Waals surface area contributed by atoms with E-state index in [2.05, 4.69) is 10.3 Å². The molecule has 18 heavy (non-hydrogen) atoms. The van der Waals surface area contributed by atoms with Crippen molar-refractivity contribution in [2.24, 2.45) is 5.92 Å². The number of rotatable bonds is 4. The Balaban J connectivity index is 1.93. The predicted molar refractivity (Wildman–Crippen MR) is 68.7 cm³/mol. The number of ether oxygens (including phenoxy) is 1. The Labute approximate surface area is 110 Å². The number of esters is 1. The molecular weight excluding hydrogens is 252 g/mol. The Morgan fingerprint density at radius 2 is 2.22 bits per heavy atom. The second-order valence-electron chi connectivity index (χ2n) is 4.23. The third-order valence-corrected chi connectivity index (χ3v) is 3.70. The average molecular weight is 268 g/mol. The number of thiazole rings is 1. The molecule has 1 heterocycles. The van der Waals surface area contributed by atoms with Crippen LogP contribution in [0.5, 0.6) is 0 Å². The summed E-state index contributed by atoms with van der Waals surface area (Å²) in [7, 11) is 0. The first-order valence-corrected chi connectivity index (χ1v) is 7.02. The average Bonchev–Trinajstić information content (AvgIpc) is 2.99. The summed E-state index contributed by atoms with van der Waals surface area (Å²) in [6.07, 6.45) is 4.12. The zero-order valence-corrected chi connectivity index (χ0v) is 11.1. The second kappa shape index (κ2) is 5.95. The third kappa shape index (κ3) is 3.07. The molecule has 1 amide bonds. The normalized spacial score (nSPS) is 15.6. The Hall–Kier alpha value is -1.43. The van der Waals surface area contributed by atoms with E-state index in [4.69, 9.17) is 4.74 Å². The van der Waals surface area contributed by atoms with E-state index in [1.54, 1.807) is 12.3 Å². The lowest BCUT2D eigenvalue weighted by Gasteiger charge is -2.07. The summed E-state index contributed by atoms with van der Waals surface area (Å²) in [4.78, 5) is 27.3. The van der Waals surface area contributed by atoms with Crippen LogP contribution >= 0.6 is 11.3 Å². The topological polar surface area (TPSA) is 68.3 Å². The van der Waals surface area contributed by atoms with E-state index in [0.29, 0.717) is 11.7 Å². The molecule has 0 atom stereocenters. The molecule has 1 aromatic heterocycles. The van der Waals surface area contributed by atoms with Crippen LogP contribution in [0.4, 0.5) is 5.13 Å². The zero-order valence-electron chi connectivity index (χ0n) is 10.3. The first kappa shape index (κ1) is 13.0. The number of aromatic nitrogens is 1. The molecule has 5 nitrogen and oxygen atoms in total. The molecule has 0 saturated heterocycles. The van der Waals surface area contributed by atoms with Crippen LogP contribution < -0.4 is 5.32 Å². The van der Waals surface area contributed by atoms with Crippen LogP contribution in [0, 0.1) is 5.92 Å². The highest BCUT2D eigenvalue weighted by Crippen LogP contribution is 2.26. The van der Waals surface area contributed by atoms with Gasteiger partial charge in [-0.2, -0.15) is 0 Å². The van der Waals surface area contributed by atoms with Crippen LogP contribution in [-0.2, 0) is 9.53 Å². The highest BCUT2D eigenvalue weighted by Gasteiger charge is 2.23. The van der Waals surface area contributed by atoms with Crippen molar-refractivity contribution in [2.45, 2.75) is 32.6 Å². The van der Waals surface area contributed by atoms with Crippen molar-refractivity contribution in [3.05, 3.63) is 11.1 Å². The minimum absolute atomic E-state index is 0.0114. The van der Waals surface area contributed by atoms with Crippen molar-refractivity contribution in [3.8, 4) is 0 Å². The molecule has 0 aromatic carbocycles. The van der Waals surface area contributed by atoms with E-state index in [1.165, 1.54) is 11.3 Å². The molecule has 1 saturated carbocycles. The van der Waals surface area contributed by atoms with Crippen molar-refractivity contribution in [1.82, 2.24) is 4.98 Å². The summed E-state index contributed by atoms with van der Waals surface area (Å²) in [5.74, 6) is -0.340. The Morgan fingerprint density at radius 3 is 2.89 bits per heavy atom. The van der Waals surface area contributed by atoms with Gasteiger partial charge in [0.15, 0.2) is 10.8 Å². The molecule has 6 heteroatoms. The van der Waals surface area contributed by atoms with Crippen molar-refractivity contribution >= 4 is 28.3 Å². The lowest BCUT2D eigenvalue weighted by atomic mass is 10.1. The molecule has 1 aliphatic carbocycles. The highest BCUT2D eigenvalue weighted by molar-refractivity contribution is 7.14. The third-order valence-electron chi connectivity index (χ3n) is 2.94. The van der Waals surface area contributed by atoms with Crippen molar-refractivity contribution in [2.75, 3.05) is 11.9 Å². The standard InChI is InChI=1S/C12H16N2O3S/c1-2-17-11(16)9-7-18-12(13-9)14-10(15)8-5-3-4-6-8/h7-8H,2-6H2,1H3,(H,13,14,15). The minimum atomic E-state index is -0.449. The molecule has 0 unspecified atom stereocenters. The molecule has 98 valence electrons. The van der Waals surface area contributed by atoms with Gasteiger partial charge in [0.05, 0.1) is 6.61 Å². The Kier molecular flexibility index (Phi) is 4.30. The van der Waals surface area contributed by atoms with Gasteiger partial charge in [-0.3, -0.25) is 4.79 Å². The maximum atomic E-state index is 11.9. The van der Waals surface area contributed by atoms with Crippen LogP contribution in [0.15, 0.2) is 5.38 Å². The van der Waals surface area contributed by atoms with E-state index < -0.39 is 5.97 Å². The number of hydrogen-bond donors (Lipinski definition) is 1. The lowest BCUT2D eigenvalue weighted by molar-refractivity contribution is -0.119. The first-order valence-electron chi connectivity index (χ1n) is 6.14. The van der Waals surface area contributed by atoms with E-state index in [1.807, 2.05) is 0 Å². The number of nitrogens with one attached hydrogen (secondary N) is 1. The summed E-state index contributed by atoms with van der Waals surface area (Å²) in [5.41, 5.74) is 0.253. The monoisotopic (exact) mass is 268 g/mol. The van der Waals surface area contributed by atoms with Gasteiger partial charge >= 0.3 is 5.97 Å². The fourth-order valence-electron chi connectivity index (χ4n) is 2.03. The molecule has 1 aromatic rings. The van der Waals surface area contributed by atoms with Gasteiger partial charge in [0.1, 0.15) is 0 Å². The number of hydrogen-bond acceptors (Lipinski definition) is 5. The van der Waals surface area contributed by atoms with Crippen LogP contribution in [-0.4, -0.2) is 23.5 Å². The van der Waals surface area contributed by atoms with Crippen molar-refractivity contribution in [3.63, 3.8) is 0 Å². The zero-order chi connectivity index (χ0) is 13.0. The van der Waals surface area contributed by atoms with Gasteiger partial charge in [0.2, 0.25) is 5.91 Å². The molecule has 0 bridgehead atoms. The summed E-state index contributed by atoms with van der Waals surface area (Å²) >= 11 is 1.25. The molecule has 1 fully saturated rings. The number of carbonyl (C=O) groups is 2. The van der Waals surface area contributed by atoms with Crippen LogP contribution in [0.1, 0.15) is 43.1 Å². The molecule has 1 aliphatic rings. The number of carbonyl (C=O) groups excluding carboxylic acids is 2. The maximum Gasteiger partial charge on any atom is 0.357 e. The van der Waals surface area contributed by atoms with E-state index in [0.717, 1.165) is 25.7 Å². The summed E-state index contributed by atoms with van der Waals surface area (Å²) in [6.45, 7) is 2.06. The first-order chi connectivity index (χ1) is 8.70. The molecule has 0 spiro atoms. The van der Waals surface area contributed by atoms with Gasteiger partial charge in [-0.25, -0.2) is 9.78 Å². The molecular formula is C12H16N2O3S. The van der Waals surface area contributed by atoms with Crippen LogP contribution in [0.2, 0.25) is 0 Å². The molecule has 2 rings (SSSR count). The SMILES string of the molecule is CCOC(=O)c1csc(NC(=O)C2CCCC2)n1. The molecule has 1 N–H and O–H groups in total. The minimum Gasteiger partial charge on any atom is -0.461 e. The maximum absolute atomic E-state index is 11.9. The number of amides is 1. The summed E-state index contributed by atoms with van der Waals surface area (Å²) < 4.78 is 4.84. The predicted octanol–water partition coefficient (Wildman–Crippen LogP) is 2.45. The second-order valence-corrected chi connectivity index (χ2v) is 5.09. The van der Waals surface area contributed by atoms with Gasteiger partial charge in [-0.05, 0) is 19.8 Å². The Morgan fingerprint density at radius 1 is 1.50 bits per heavy atom.